The quantitative estimate of drug-likeness (QED) is 0.0206. The van der Waals surface area contributed by atoms with Gasteiger partial charge in [-0.1, -0.05) is 35.4 Å². The molecule has 374 valence electrons. The number of rotatable bonds is 43. The molecule has 0 radical (unpaired) electrons. The summed E-state index contributed by atoms with van der Waals surface area (Å²) in [6, 6.07) is 12.7. The number of para-hydroxylation sites is 1. The number of H-pyrrole nitrogens is 1. The molecule has 2 atom stereocenters. The zero-order valence-corrected chi connectivity index (χ0v) is 38.9. The third kappa shape index (κ3) is 27.0. The number of aromatic nitrogens is 1. The highest BCUT2D eigenvalue weighted by Crippen LogP contribution is 2.20. The lowest BCUT2D eigenvalue weighted by Crippen LogP contribution is -2.53. The van der Waals surface area contributed by atoms with E-state index >= 15 is 0 Å². The highest BCUT2D eigenvalue weighted by atomic mass is 16.6. The van der Waals surface area contributed by atoms with E-state index in [1.54, 1.807) is 24.3 Å². The number of azide groups is 1. The minimum atomic E-state index is -0.965. The summed E-state index contributed by atoms with van der Waals surface area (Å²) in [5, 5.41) is 25.5. The zero-order valence-electron chi connectivity index (χ0n) is 38.9. The molecule has 1 aromatic heterocycles. The average molecular weight is 945 g/mol. The predicted octanol–water partition coefficient (Wildman–Crippen LogP) is 3.05. The summed E-state index contributed by atoms with van der Waals surface area (Å²) < 4.78 is 49.3. The zero-order chi connectivity index (χ0) is 47.8. The second kappa shape index (κ2) is 38.3. The van der Waals surface area contributed by atoms with Gasteiger partial charge in [-0.25, -0.2) is 0 Å². The Morgan fingerprint density at radius 2 is 1.18 bits per heavy atom. The first-order valence-corrected chi connectivity index (χ1v) is 23.0. The number of hydrogen-bond acceptors (Lipinski definition) is 15. The van der Waals surface area contributed by atoms with Crippen molar-refractivity contribution < 1.29 is 62.1 Å². The average Bonchev–Trinajstić information content (AvgIpc) is 3.75. The van der Waals surface area contributed by atoms with Gasteiger partial charge in [-0.3, -0.25) is 14.4 Å². The van der Waals surface area contributed by atoms with E-state index in [0.717, 1.165) is 29.4 Å². The molecule has 3 rings (SSSR count). The van der Waals surface area contributed by atoms with Crippen LogP contribution in [0.25, 0.3) is 21.3 Å². The number of hydrogen-bond donors (Lipinski definition) is 6. The van der Waals surface area contributed by atoms with Gasteiger partial charge in [0.1, 0.15) is 12.1 Å². The number of nitrogens with one attached hydrogen (secondary N) is 5. The first-order chi connectivity index (χ1) is 32.9. The summed E-state index contributed by atoms with van der Waals surface area (Å²) in [7, 11) is 1.86. The third-order valence-electron chi connectivity index (χ3n) is 9.81. The Hall–Kier alpha value is -4.74. The lowest BCUT2D eigenvalue weighted by molar-refractivity contribution is -0.131. The lowest BCUT2D eigenvalue weighted by Gasteiger charge is -2.23. The van der Waals surface area contributed by atoms with Crippen LogP contribution in [0.2, 0.25) is 0 Å². The molecule has 0 aliphatic rings. The van der Waals surface area contributed by atoms with Crippen LogP contribution in [-0.4, -0.2) is 179 Å². The van der Waals surface area contributed by atoms with Crippen LogP contribution in [0.15, 0.2) is 59.8 Å². The molecular weight excluding hydrogens is 873 g/mol. The third-order valence-corrected chi connectivity index (χ3v) is 9.81. The summed E-state index contributed by atoms with van der Waals surface area (Å²) in [5.74, 6) is -1.22. The SMILES string of the molecule is CNCCCC[C@H](NC(=O)[C@H](Cc1c[nH]c2ccccc12)NC(=O)CCOCCOCCOCCOCCOCCOCCOCCOCCOCCN=[N+]=[N-])C(=O)Nc1ccc(CO)cc1. The van der Waals surface area contributed by atoms with Crippen LogP contribution in [0, 0.1) is 0 Å². The van der Waals surface area contributed by atoms with E-state index in [-0.39, 0.29) is 44.5 Å². The first kappa shape index (κ1) is 56.6. The van der Waals surface area contributed by atoms with E-state index in [1.807, 2.05) is 37.5 Å². The van der Waals surface area contributed by atoms with Crippen LogP contribution in [0.1, 0.15) is 36.8 Å². The van der Waals surface area contributed by atoms with Crippen molar-refractivity contribution in [3.8, 4) is 0 Å². The molecule has 3 amide bonds. The number of unbranched alkanes of at least 4 members (excludes halogenated alkanes) is 1. The maximum atomic E-state index is 13.9. The van der Waals surface area contributed by atoms with Crippen molar-refractivity contribution in [1.82, 2.24) is 20.9 Å². The molecule has 21 heteroatoms. The Labute approximate surface area is 393 Å². The molecule has 0 aliphatic carbocycles. The minimum absolute atomic E-state index is 0.0207. The lowest BCUT2D eigenvalue weighted by atomic mass is 10.0. The molecule has 0 saturated heterocycles. The number of aromatic amines is 1. The van der Waals surface area contributed by atoms with Gasteiger partial charge < -0.3 is 74.0 Å². The molecule has 0 spiro atoms. The minimum Gasteiger partial charge on any atom is -0.392 e. The van der Waals surface area contributed by atoms with Gasteiger partial charge in [0.25, 0.3) is 0 Å². The number of anilines is 1. The monoisotopic (exact) mass is 945 g/mol. The van der Waals surface area contributed by atoms with E-state index in [2.05, 4.69) is 36.3 Å². The van der Waals surface area contributed by atoms with Gasteiger partial charge in [0.05, 0.1) is 126 Å². The Morgan fingerprint density at radius 3 is 1.70 bits per heavy atom. The molecule has 0 saturated carbocycles. The molecule has 67 heavy (non-hydrogen) atoms. The fraction of sp³-hybridized carbons (Fsp3) is 0.630. The van der Waals surface area contributed by atoms with E-state index < -0.39 is 18.0 Å². The van der Waals surface area contributed by atoms with Gasteiger partial charge in [0, 0.05) is 47.1 Å². The predicted molar refractivity (Wildman–Crippen MR) is 251 cm³/mol. The molecule has 3 aromatic rings. The number of nitrogens with zero attached hydrogens (tertiary/aromatic N) is 3. The van der Waals surface area contributed by atoms with Gasteiger partial charge in [0.15, 0.2) is 0 Å². The topological polar surface area (TPSA) is 267 Å². The number of carbonyl (C=O) groups excluding carboxylic acids is 3. The number of fused-ring (bicyclic) bond motifs is 1. The van der Waals surface area contributed by atoms with Crippen LogP contribution in [0.3, 0.4) is 0 Å². The Bertz CT molecular complexity index is 1800. The van der Waals surface area contributed by atoms with Gasteiger partial charge in [0.2, 0.25) is 17.7 Å². The van der Waals surface area contributed by atoms with E-state index in [0.29, 0.717) is 136 Å². The van der Waals surface area contributed by atoms with E-state index in [9.17, 15) is 19.5 Å². The van der Waals surface area contributed by atoms with Crippen LogP contribution in [-0.2, 0) is 70.0 Å². The van der Waals surface area contributed by atoms with Crippen LogP contribution in [0.4, 0.5) is 5.69 Å². The molecule has 21 nitrogen and oxygen atoms in total. The summed E-state index contributed by atoms with van der Waals surface area (Å²) >= 11 is 0. The van der Waals surface area contributed by atoms with Crippen molar-refractivity contribution in [2.24, 2.45) is 5.11 Å². The molecule has 0 unspecified atom stereocenters. The standard InChI is InChI=1S/C46H72N8O13/c1-48-14-5-4-8-42(45(57)51-39-11-9-37(36-55)10-12-39)53-46(58)43(34-38-35-49-41-7-3-2-6-40(38)41)52-44(56)13-16-59-18-20-61-22-24-63-26-28-65-30-32-67-33-31-66-29-27-64-25-23-62-21-19-60-17-15-50-54-47/h2-3,6-7,9-12,35,42-43,48-49,55H,4-5,8,13-34,36H2,1H3,(H,51,57)(H,52,56)(H,53,58)/t42-,43-/m0/s1. The maximum Gasteiger partial charge on any atom is 0.246 e. The fourth-order valence-corrected chi connectivity index (χ4v) is 6.29. The Kier molecular flexibility index (Phi) is 32.3. The molecule has 0 fully saturated rings. The number of aliphatic hydroxyl groups is 1. The molecule has 0 aliphatic heterocycles. The van der Waals surface area contributed by atoms with Gasteiger partial charge >= 0.3 is 0 Å². The smallest absolute Gasteiger partial charge is 0.246 e. The number of ether oxygens (including phenoxy) is 9. The van der Waals surface area contributed by atoms with Crippen LogP contribution in [0.5, 0.6) is 0 Å². The van der Waals surface area contributed by atoms with Crippen molar-refractivity contribution >= 4 is 34.3 Å². The summed E-state index contributed by atoms with van der Waals surface area (Å²) in [5.41, 5.74) is 11.2. The van der Waals surface area contributed by atoms with Crippen molar-refractivity contribution in [3.05, 3.63) is 76.3 Å². The second-order valence-electron chi connectivity index (χ2n) is 14.9. The van der Waals surface area contributed by atoms with E-state index in [4.69, 9.17) is 48.2 Å². The highest BCUT2D eigenvalue weighted by Gasteiger charge is 2.28. The molecule has 1 heterocycles. The summed E-state index contributed by atoms with van der Waals surface area (Å²) in [4.78, 5) is 46.5. The first-order valence-electron chi connectivity index (χ1n) is 23.0. The van der Waals surface area contributed by atoms with Crippen molar-refractivity contribution in [2.45, 2.75) is 50.8 Å². The fourth-order valence-electron chi connectivity index (χ4n) is 6.29. The number of amides is 3. The van der Waals surface area contributed by atoms with Gasteiger partial charge in [-0.15, -0.1) is 0 Å². The molecule has 6 N–H and O–H groups in total. The number of carbonyl (C=O) groups is 3. The summed E-state index contributed by atoms with van der Waals surface area (Å²) in [6.45, 7) is 8.19. The number of benzene rings is 2. The molecular formula is C46H72N8O13. The van der Waals surface area contributed by atoms with Crippen molar-refractivity contribution in [3.63, 3.8) is 0 Å². The maximum absolute atomic E-state index is 13.9. The van der Waals surface area contributed by atoms with Crippen molar-refractivity contribution in [2.75, 3.05) is 144 Å². The number of aliphatic hydroxyl groups excluding tert-OH is 1. The summed E-state index contributed by atoms with van der Waals surface area (Å²) in [6.07, 6.45) is 3.93. The van der Waals surface area contributed by atoms with E-state index in [1.165, 1.54) is 0 Å². The van der Waals surface area contributed by atoms with Crippen LogP contribution < -0.4 is 21.3 Å². The Balaban J connectivity index is 1.23. The normalized spacial score (nSPS) is 12.1. The van der Waals surface area contributed by atoms with Gasteiger partial charge in [-0.2, -0.15) is 0 Å². The second-order valence-corrected chi connectivity index (χ2v) is 14.9. The van der Waals surface area contributed by atoms with Crippen LogP contribution >= 0.6 is 0 Å². The highest BCUT2D eigenvalue weighted by molar-refractivity contribution is 5.98. The van der Waals surface area contributed by atoms with Crippen molar-refractivity contribution in [1.29, 1.82) is 0 Å². The Morgan fingerprint density at radius 1 is 0.657 bits per heavy atom. The largest absolute Gasteiger partial charge is 0.392 e. The van der Waals surface area contributed by atoms with Gasteiger partial charge in [-0.05, 0) is 67.7 Å². The molecule has 0 bridgehead atoms. The molecule has 2 aromatic carbocycles.